The largest absolute Gasteiger partial charge is 0.493 e. The number of carbonyl (C=O) groups is 1. The number of rotatable bonds is 5. The van der Waals surface area contributed by atoms with Gasteiger partial charge in [-0.05, 0) is 49.8 Å². The molecule has 0 saturated heterocycles. The number of nitrogens with one attached hydrogen (secondary N) is 1. The van der Waals surface area contributed by atoms with Crippen LogP contribution in [0, 0.1) is 6.92 Å². The van der Waals surface area contributed by atoms with Gasteiger partial charge >= 0.3 is 5.97 Å². The first-order chi connectivity index (χ1) is 13.9. The van der Waals surface area contributed by atoms with Gasteiger partial charge in [-0.2, -0.15) is 0 Å². The van der Waals surface area contributed by atoms with Gasteiger partial charge in [0, 0.05) is 16.9 Å². The first-order valence-corrected chi connectivity index (χ1v) is 9.51. The number of hydrogen-bond donors (Lipinski definition) is 1. The fourth-order valence-electron chi connectivity index (χ4n) is 3.57. The first-order valence-electron chi connectivity index (χ1n) is 9.10. The summed E-state index contributed by atoms with van der Waals surface area (Å²) < 4.78 is 16.1. The first kappa shape index (κ1) is 20.7. The van der Waals surface area contributed by atoms with E-state index in [2.05, 4.69) is 5.32 Å². The zero-order valence-corrected chi connectivity index (χ0v) is 17.9. The molecule has 1 aliphatic rings. The van der Waals surface area contributed by atoms with E-state index in [1.807, 2.05) is 55.1 Å². The fraction of sp³-hybridized carbons (Fsp3) is 0.273. The minimum Gasteiger partial charge on any atom is -0.493 e. The molecule has 0 saturated carbocycles. The maximum atomic E-state index is 12.8. The molecule has 2 aromatic rings. The van der Waals surface area contributed by atoms with Crippen LogP contribution >= 0.6 is 12.2 Å². The zero-order valence-electron chi connectivity index (χ0n) is 17.1. The van der Waals surface area contributed by atoms with Crippen LogP contribution in [0.5, 0.6) is 11.5 Å². The van der Waals surface area contributed by atoms with Crippen LogP contribution in [-0.2, 0) is 9.53 Å². The molecule has 2 aromatic carbocycles. The molecule has 1 aliphatic heterocycles. The lowest BCUT2D eigenvalue weighted by Crippen LogP contribution is -2.48. The Morgan fingerprint density at radius 2 is 1.79 bits per heavy atom. The Hall–Kier alpha value is -3.06. The van der Waals surface area contributed by atoms with Gasteiger partial charge in [0.15, 0.2) is 16.6 Å². The Bertz CT molecular complexity index is 987. The van der Waals surface area contributed by atoms with E-state index in [9.17, 15) is 4.79 Å². The third-order valence-corrected chi connectivity index (χ3v) is 5.19. The minimum absolute atomic E-state index is 0.440. The molecule has 0 bridgehead atoms. The van der Waals surface area contributed by atoms with Gasteiger partial charge in [-0.25, -0.2) is 4.79 Å². The minimum atomic E-state index is -0.541. The summed E-state index contributed by atoms with van der Waals surface area (Å²) in [5, 5.41) is 3.77. The quantitative estimate of drug-likeness (QED) is 0.590. The average molecular weight is 413 g/mol. The van der Waals surface area contributed by atoms with E-state index in [4.69, 9.17) is 26.4 Å². The van der Waals surface area contributed by atoms with Crippen LogP contribution in [0.2, 0.25) is 0 Å². The van der Waals surface area contributed by atoms with Gasteiger partial charge in [-0.1, -0.05) is 24.3 Å². The Morgan fingerprint density at radius 3 is 2.41 bits per heavy atom. The molecule has 152 valence electrons. The molecule has 3 rings (SSSR count). The summed E-state index contributed by atoms with van der Waals surface area (Å²) in [6.07, 6.45) is 0. The number of ether oxygens (including phenoxy) is 3. The van der Waals surface area contributed by atoms with Crippen molar-refractivity contribution in [3.8, 4) is 11.5 Å². The normalized spacial score (nSPS) is 16.4. The van der Waals surface area contributed by atoms with Crippen molar-refractivity contribution in [3.63, 3.8) is 0 Å². The third-order valence-electron chi connectivity index (χ3n) is 4.89. The molecule has 1 atom stereocenters. The molecule has 0 unspecified atom stereocenters. The van der Waals surface area contributed by atoms with Gasteiger partial charge in [-0.3, -0.25) is 4.90 Å². The maximum absolute atomic E-state index is 12.8. The van der Waals surface area contributed by atoms with Crippen LogP contribution in [0.4, 0.5) is 5.69 Å². The highest BCUT2D eigenvalue weighted by atomic mass is 32.1. The number of benzene rings is 2. The molecule has 0 amide bonds. The molecule has 0 radical (unpaired) electrons. The molecule has 29 heavy (non-hydrogen) atoms. The number of thiocarbonyl (C=S) groups is 1. The molecule has 0 fully saturated rings. The SMILES string of the molecule is COC(=O)C1=C(C)N(c2cccc(C)c2)C(=S)N[C@H]1c1cccc(OC)c1OC. The molecular weight excluding hydrogens is 388 g/mol. The molecule has 7 heteroatoms. The van der Waals surface area contributed by atoms with Gasteiger partial charge < -0.3 is 19.5 Å². The van der Waals surface area contributed by atoms with Crippen molar-refractivity contribution >= 4 is 29.0 Å². The van der Waals surface area contributed by atoms with E-state index >= 15 is 0 Å². The fourth-order valence-corrected chi connectivity index (χ4v) is 3.93. The summed E-state index contributed by atoms with van der Waals surface area (Å²) in [7, 11) is 4.50. The van der Waals surface area contributed by atoms with Gasteiger partial charge in [0.2, 0.25) is 0 Å². The zero-order chi connectivity index (χ0) is 21.1. The molecular formula is C22H24N2O4S. The number of anilines is 1. The second-order valence-electron chi connectivity index (χ2n) is 6.63. The van der Waals surface area contributed by atoms with Crippen LogP contribution in [-0.4, -0.2) is 32.4 Å². The Kier molecular flexibility index (Phi) is 6.08. The lowest BCUT2D eigenvalue weighted by molar-refractivity contribution is -0.136. The van der Waals surface area contributed by atoms with Crippen LogP contribution in [0.3, 0.4) is 0 Å². The summed E-state index contributed by atoms with van der Waals surface area (Å²) in [5.41, 5.74) is 3.85. The summed E-state index contributed by atoms with van der Waals surface area (Å²) in [4.78, 5) is 14.6. The monoisotopic (exact) mass is 412 g/mol. The lowest BCUT2D eigenvalue weighted by atomic mass is 9.93. The highest BCUT2D eigenvalue weighted by molar-refractivity contribution is 7.80. The second-order valence-corrected chi connectivity index (χ2v) is 7.02. The number of allylic oxidation sites excluding steroid dienone is 1. The molecule has 0 aliphatic carbocycles. The average Bonchev–Trinajstić information content (AvgIpc) is 2.72. The van der Waals surface area contributed by atoms with Gasteiger partial charge in [0.1, 0.15) is 0 Å². The van der Waals surface area contributed by atoms with Gasteiger partial charge in [-0.15, -0.1) is 0 Å². The Balaban J connectivity index is 2.20. The second kappa shape index (κ2) is 8.53. The lowest BCUT2D eigenvalue weighted by Gasteiger charge is -2.38. The molecule has 1 N–H and O–H groups in total. The third kappa shape index (κ3) is 3.78. The highest BCUT2D eigenvalue weighted by Crippen LogP contribution is 2.41. The smallest absolute Gasteiger partial charge is 0.337 e. The van der Waals surface area contributed by atoms with Crippen molar-refractivity contribution in [2.75, 3.05) is 26.2 Å². The van der Waals surface area contributed by atoms with E-state index in [0.717, 1.165) is 16.8 Å². The van der Waals surface area contributed by atoms with Gasteiger partial charge in [0.05, 0.1) is 32.9 Å². The van der Waals surface area contributed by atoms with Crippen molar-refractivity contribution in [2.24, 2.45) is 0 Å². The topological polar surface area (TPSA) is 60.0 Å². The standard InChI is InChI=1S/C22H24N2O4S/c1-13-8-6-9-15(12-13)24-14(2)18(21(25)28-5)19(23-22(24)29)16-10-7-11-17(26-3)20(16)27-4/h6-12,19H,1-5H3,(H,23,29)/t19-/m0/s1. The molecule has 0 spiro atoms. The van der Waals surface area contributed by atoms with Crippen LogP contribution in [0.15, 0.2) is 53.7 Å². The van der Waals surface area contributed by atoms with E-state index in [0.29, 0.717) is 27.9 Å². The number of para-hydroxylation sites is 1. The number of esters is 1. The summed E-state index contributed by atoms with van der Waals surface area (Å²) in [6.45, 7) is 3.87. The Morgan fingerprint density at radius 1 is 1.07 bits per heavy atom. The summed E-state index contributed by atoms with van der Waals surface area (Å²) in [6, 6.07) is 12.9. The van der Waals surface area contributed by atoms with Gasteiger partial charge in [0.25, 0.3) is 0 Å². The number of aryl methyl sites for hydroxylation is 1. The van der Waals surface area contributed by atoms with Crippen molar-refractivity contribution in [1.82, 2.24) is 5.32 Å². The van der Waals surface area contributed by atoms with Crippen LogP contribution in [0.1, 0.15) is 24.1 Å². The van der Waals surface area contributed by atoms with Crippen molar-refractivity contribution < 1.29 is 19.0 Å². The summed E-state index contributed by atoms with van der Waals surface area (Å²) in [5.74, 6) is 0.666. The van der Waals surface area contributed by atoms with Crippen molar-refractivity contribution in [1.29, 1.82) is 0 Å². The van der Waals surface area contributed by atoms with Crippen LogP contribution < -0.4 is 19.7 Å². The predicted molar refractivity (Wildman–Crippen MR) is 116 cm³/mol. The van der Waals surface area contributed by atoms with Crippen molar-refractivity contribution in [3.05, 3.63) is 64.9 Å². The number of nitrogens with zero attached hydrogens (tertiary/aromatic N) is 1. The van der Waals surface area contributed by atoms with Crippen molar-refractivity contribution in [2.45, 2.75) is 19.9 Å². The van der Waals surface area contributed by atoms with E-state index in [1.165, 1.54) is 7.11 Å². The molecule has 0 aromatic heterocycles. The van der Waals surface area contributed by atoms with Crippen LogP contribution in [0.25, 0.3) is 0 Å². The van der Waals surface area contributed by atoms with E-state index < -0.39 is 12.0 Å². The molecule has 1 heterocycles. The summed E-state index contributed by atoms with van der Waals surface area (Å²) >= 11 is 5.68. The molecule has 6 nitrogen and oxygen atoms in total. The predicted octanol–water partition coefficient (Wildman–Crippen LogP) is 3.90. The number of carbonyl (C=O) groups excluding carboxylic acids is 1. The highest BCUT2D eigenvalue weighted by Gasteiger charge is 2.37. The number of methoxy groups -OCH3 is 3. The Labute approximate surface area is 176 Å². The number of hydrogen-bond acceptors (Lipinski definition) is 5. The van der Waals surface area contributed by atoms with E-state index in [-0.39, 0.29) is 0 Å². The maximum Gasteiger partial charge on any atom is 0.337 e. The van der Waals surface area contributed by atoms with E-state index in [1.54, 1.807) is 20.3 Å².